The number of fused-ring (bicyclic) bond motifs is 1. The molecule has 1 saturated heterocycles. The van der Waals surface area contributed by atoms with Gasteiger partial charge in [-0.1, -0.05) is 18.2 Å². The summed E-state index contributed by atoms with van der Waals surface area (Å²) in [5, 5.41) is 5.77. The summed E-state index contributed by atoms with van der Waals surface area (Å²) in [5.74, 6) is -0.626. The molecule has 2 fully saturated rings. The van der Waals surface area contributed by atoms with E-state index in [1.807, 2.05) is 27.8 Å². The summed E-state index contributed by atoms with van der Waals surface area (Å²) in [7, 11) is 1.74. The molecule has 0 bridgehead atoms. The summed E-state index contributed by atoms with van der Waals surface area (Å²) in [6, 6.07) is 12.8. The van der Waals surface area contributed by atoms with Crippen LogP contribution in [-0.4, -0.2) is 52.9 Å². The Hall–Kier alpha value is -3.58. The second-order valence-corrected chi connectivity index (χ2v) is 11.2. The van der Waals surface area contributed by atoms with Gasteiger partial charge in [0.2, 0.25) is 5.69 Å². The molecule has 2 aliphatic rings. The third-order valence-corrected chi connectivity index (χ3v) is 8.80. The number of nitrogens with two attached hydrogens (primary N) is 1. The molecule has 2 aromatic heterocycles. The molecule has 2 aromatic carbocycles. The highest BCUT2D eigenvalue weighted by Crippen LogP contribution is 2.42. The molecule has 7 nitrogen and oxygen atoms in total. The number of hydrogen-bond donors (Lipinski definition) is 1. The van der Waals surface area contributed by atoms with Crippen LogP contribution in [0, 0.1) is 12.4 Å². The molecule has 1 amide bonds. The summed E-state index contributed by atoms with van der Waals surface area (Å²) in [4.78, 5) is 20.0. The van der Waals surface area contributed by atoms with Crippen LogP contribution in [0.4, 0.5) is 10.1 Å². The van der Waals surface area contributed by atoms with E-state index in [2.05, 4.69) is 17.1 Å². The smallest absolute Gasteiger partial charge is 0.264 e. The zero-order valence-electron chi connectivity index (χ0n) is 21.1. The van der Waals surface area contributed by atoms with Gasteiger partial charge < -0.3 is 15.4 Å². The number of methoxy groups -OCH3 is 1. The Kier molecular flexibility index (Phi) is 6.48. The Morgan fingerprint density at radius 2 is 2.03 bits per heavy atom. The molecular formula is C29H28FN5O2S. The Labute approximate surface area is 224 Å². The van der Waals surface area contributed by atoms with Crippen LogP contribution in [0.25, 0.3) is 37.3 Å². The van der Waals surface area contributed by atoms with Gasteiger partial charge >= 0.3 is 0 Å². The van der Waals surface area contributed by atoms with Gasteiger partial charge in [0, 0.05) is 48.3 Å². The molecule has 3 heterocycles. The average Bonchev–Trinajstić information content (AvgIpc) is 3.52. The lowest BCUT2D eigenvalue weighted by molar-refractivity contribution is 0.00269. The summed E-state index contributed by atoms with van der Waals surface area (Å²) in [6.45, 7) is 8.40. The summed E-state index contributed by atoms with van der Waals surface area (Å²) in [5.41, 5.74) is 9.35. The number of amides is 1. The Bertz CT molecular complexity index is 1560. The fourth-order valence-electron chi connectivity index (χ4n) is 5.36. The monoisotopic (exact) mass is 529 g/mol. The maximum absolute atomic E-state index is 14.6. The number of benzene rings is 2. The molecule has 1 aliphatic carbocycles. The molecule has 1 atom stereocenters. The molecule has 1 aliphatic heterocycles. The van der Waals surface area contributed by atoms with E-state index in [1.165, 1.54) is 23.5 Å². The maximum atomic E-state index is 14.6. The lowest BCUT2D eigenvalue weighted by Gasteiger charge is -2.34. The summed E-state index contributed by atoms with van der Waals surface area (Å²) >= 11 is 1.41. The number of hydrogen-bond acceptors (Lipinski definition) is 5. The largest absolute Gasteiger partial charge is 0.381 e. The van der Waals surface area contributed by atoms with Crippen molar-refractivity contribution in [1.29, 1.82) is 0 Å². The van der Waals surface area contributed by atoms with E-state index in [1.54, 1.807) is 13.2 Å². The van der Waals surface area contributed by atoms with E-state index in [4.69, 9.17) is 22.1 Å². The second kappa shape index (κ2) is 9.95. The predicted molar refractivity (Wildman–Crippen MR) is 147 cm³/mol. The van der Waals surface area contributed by atoms with Crippen LogP contribution < -0.4 is 5.73 Å². The van der Waals surface area contributed by atoms with Crippen LogP contribution in [0.1, 0.15) is 41.4 Å². The fourth-order valence-corrected chi connectivity index (χ4v) is 6.50. The van der Waals surface area contributed by atoms with Gasteiger partial charge in [-0.05, 0) is 61.1 Å². The summed E-state index contributed by atoms with van der Waals surface area (Å²) < 4.78 is 22.1. The van der Waals surface area contributed by atoms with Crippen LogP contribution in [0.3, 0.4) is 0 Å². The molecule has 0 unspecified atom stereocenters. The first-order valence-corrected chi connectivity index (χ1v) is 13.6. The second-order valence-electron chi connectivity index (χ2n) is 10.2. The van der Waals surface area contributed by atoms with E-state index in [9.17, 15) is 9.18 Å². The number of nitrogens with zero attached hydrogens (tertiary/aromatic N) is 4. The highest BCUT2D eigenvalue weighted by molar-refractivity contribution is 7.18. The minimum atomic E-state index is -0.573. The van der Waals surface area contributed by atoms with Gasteiger partial charge in [-0.25, -0.2) is 9.24 Å². The van der Waals surface area contributed by atoms with Crippen LogP contribution in [0.15, 0.2) is 48.7 Å². The first-order valence-electron chi connectivity index (χ1n) is 12.8. The third-order valence-electron chi connectivity index (χ3n) is 7.63. The lowest BCUT2D eigenvalue weighted by atomic mass is 9.89. The number of rotatable bonds is 5. The zero-order chi connectivity index (χ0) is 26.4. The number of ether oxygens (including phenoxy) is 1. The van der Waals surface area contributed by atoms with Gasteiger partial charge in [-0.2, -0.15) is 5.10 Å². The van der Waals surface area contributed by atoms with E-state index in [0.717, 1.165) is 52.6 Å². The Morgan fingerprint density at radius 3 is 2.76 bits per heavy atom. The molecule has 6 rings (SSSR count). The normalized spacial score (nSPS) is 21.3. The van der Waals surface area contributed by atoms with Crippen LogP contribution in [-0.2, 0) is 4.74 Å². The first kappa shape index (κ1) is 24.7. The van der Waals surface area contributed by atoms with Crippen molar-refractivity contribution < 1.29 is 13.9 Å². The Morgan fingerprint density at radius 1 is 1.21 bits per heavy atom. The maximum Gasteiger partial charge on any atom is 0.264 e. The number of aromatic nitrogens is 2. The lowest BCUT2D eigenvalue weighted by Crippen LogP contribution is -2.45. The Balaban J connectivity index is 1.40. The molecular weight excluding hydrogens is 501 g/mol. The number of halogens is 1. The van der Waals surface area contributed by atoms with Crippen molar-refractivity contribution in [3.8, 4) is 21.6 Å². The number of piperidine rings is 1. The third kappa shape index (κ3) is 4.49. The number of thiophene rings is 1. The zero-order valence-corrected chi connectivity index (χ0v) is 21.9. The molecule has 194 valence electrons. The molecule has 0 radical (unpaired) electrons. The molecule has 1 saturated carbocycles. The fraction of sp³-hybridized carbons (Fsp3) is 0.345. The topological polar surface area (TPSA) is 77.7 Å². The molecule has 4 aromatic rings. The van der Waals surface area contributed by atoms with Gasteiger partial charge in [-0.3, -0.25) is 9.48 Å². The van der Waals surface area contributed by atoms with Gasteiger partial charge in [0.15, 0.2) is 0 Å². The van der Waals surface area contributed by atoms with Gasteiger partial charge in [0.05, 0.1) is 29.1 Å². The highest BCUT2D eigenvalue weighted by atomic mass is 32.1. The minimum Gasteiger partial charge on any atom is -0.381 e. The van der Waals surface area contributed by atoms with Gasteiger partial charge in [0.25, 0.3) is 5.91 Å². The van der Waals surface area contributed by atoms with Crippen molar-refractivity contribution in [2.24, 2.45) is 5.73 Å². The van der Waals surface area contributed by atoms with Crippen LogP contribution in [0.5, 0.6) is 0 Å². The molecule has 0 spiro atoms. The van der Waals surface area contributed by atoms with Gasteiger partial charge in [-0.15, -0.1) is 11.3 Å². The molecule has 2 N–H and O–H groups in total. The number of likely N-dealkylation sites (tertiary alicyclic amines) is 1. The van der Waals surface area contributed by atoms with E-state index in [0.29, 0.717) is 29.6 Å². The van der Waals surface area contributed by atoms with E-state index < -0.39 is 5.82 Å². The van der Waals surface area contributed by atoms with E-state index >= 15 is 0 Å². The van der Waals surface area contributed by atoms with Crippen molar-refractivity contribution >= 4 is 33.8 Å². The SMILES string of the molecule is [C-]#[N+]c1ccc(-c2cc(C(=O)N3CCC[C@@H](N)C3)sc2-c2ccc3nn(C4CC(OC)C4)cc3c2)cc1F. The quantitative estimate of drug-likeness (QED) is 0.320. The predicted octanol–water partition coefficient (Wildman–Crippen LogP) is 6.03. The minimum absolute atomic E-state index is 0.0179. The van der Waals surface area contributed by atoms with Crippen LogP contribution >= 0.6 is 11.3 Å². The molecule has 9 heteroatoms. The average molecular weight is 530 g/mol. The van der Waals surface area contributed by atoms with Crippen molar-refractivity contribution in [2.75, 3.05) is 20.2 Å². The van der Waals surface area contributed by atoms with Crippen molar-refractivity contribution in [3.63, 3.8) is 0 Å². The van der Waals surface area contributed by atoms with Gasteiger partial charge in [0.1, 0.15) is 5.82 Å². The van der Waals surface area contributed by atoms with Crippen LogP contribution in [0.2, 0.25) is 0 Å². The number of carbonyl (C=O) groups excluding carboxylic acids is 1. The van der Waals surface area contributed by atoms with E-state index in [-0.39, 0.29) is 23.7 Å². The first-order chi connectivity index (χ1) is 18.4. The van der Waals surface area contributed by atoms with Crippen molar-refractivity contribution in [2.45, 2.75) is 43.9 Å². The standard InChI is InChI=1S/C29H28FN5O2S/c1-32-26-8-5-17(11-24(26)30)23-14-27(29(36)34-9-3-4-20(31)16-34)38-28(23)18-6-7-25-19(10-18)15-35(33-25)21-12-22(13-21)37-2/h5-8,10-11,14-15,20-22H,3-4,9,12-13,16,31H2,2H3/t20-,21?,22?/m1/s1. The number of carbonyl (C=O) groups is 1. The highest BCUT2D eigenvalue weighted by Gasteiger charge is 2.31. The van der Waals surface area contributed by atoms with Crippen molar-refractivity contribution in [3.05, 3.63) is 70.8 Å². The molecule has 38 heavy (non-hydrogen) atoms. The van der Waals surface area contributed by atoms with Crippen molar-refractivity contribution in [1.82, 2.24) is 14.7 Å². The summed E-state index contributed by atoms with van der Waals surface area (Å²) in [6.07, 6.45) is 6.05.